The molecule has 10 heteroatoms. The van der Waals surface area contributed by atoms with Crippen LogP contribution in [0.5, 0.6) is 5.75 Å². The third-order valence-corrected chi connectivity index (χ3v) is 7.23. The molecular formula is C26H24Cl2N2O5S. The highest BCUT2D eigenvalue weighted by Crippen LogP contribution is 2.31. The van der Waals surface area contributed by atoms with Gasteiger partial charge in [-0.05, 0) is 55.3 Å². The van der Waals surface area contributed by atoms with E-state index < -0.39 is 12.0 Å². The smallest absolute Gasteiger partial charge is 0.338 e. The van der Waals surface area contributed by atoms with E-state index >= 15 is 0 Å². The summed E-state index contributed by atoms with van der Waals surface area (Å²) >= 11 is 13.4. The van der Waals surface area contributed by atoms with E-state index in [1.165, 1.54) is 23.0 Å². The monoisotopic (exact) mass is 546 g/mol. The highest BCUT2D eigenvalue weighted by atomic mass is 35.5. The number of methoxy groups -OCH3 is 1. The molecule has 3 aromatic rings. The van der Waals surface area contributed by atoms with Gasteiger partial charge in [0.2, 0.25) is 0 Å². The number of aromatic nitrogens is 1. The first-order valence-corrected chi connectivity index (χ1v) is 12.8. The molecule has 36 heavy (non-hydrogen) atoms. The van der Waals surface area contributed by atoms with Crippen molar-refractivity contribution >= 4 is 46.6 Å². The third-order valence-electron chi connectivity index (χ3n) is 5.51. The Bertz CT molecular complexity index is 1490. The van der Waals surface area contributed by atoms with Gasteiger partial charge in [0.05, 0.1) is 45.1 Å². The second-order valence-corrected chi connectivity index (χ2v) is 9.71. The van der Waals surface area contributed by atoms with Gasteiger partial charge in [0, 0.05) is 7.11 Å². The summed E-state index contributed by atoms with van der Waals surface area (Å²) in [5.74, 6) is 0.143. The van der Waals surface area contributed by atoms with Crippen LogP contribution in [0.3, 0.4) is 0 Å². The number of ether oxygens (including phenoxy) is 3. The Labute approximate surface area is 221 Å². The summed E-state index contributed by atoms with van der Waals surface area (Å²) in [6.45, 7) is 4.52. The molecule has 0 N–H and O–H groups in total. The Morgan fingerprint density at radius 2 is 1.89 bits per heavy atom. The zero-order valence-corrected chi connectivity index (χ0v) is 22.2. The molecule has 2 heterocycles. The summed E-state index contributed by atoms with van der Waals surface area (Å²) < 4.78 is 18.0. The highest BCUT2D eigenvalue weighted by Gasteiger charge is 2.33. The standard InChI is InChI=1S/C26H24Cl2N2O5S/c1-4-34-18-8-6-17(7-9-18)23-22(25(32)35-12-11-33-3)15(2)29-26-30(23)24(31)21(36-26)14-16-5-10-19(27)20(28)13-16/h5-10,13-14,23H,4,11-12H2,1-3H3. The molecule has 2 aromatic carbocycles. The van der Waals surface area contributed by atoms with Crippen LogP contribution in [0.25, 0.3) is 6.08 Å². The van der Waals surface area contributed by atoms with Gasteiger partial charge in [-0.25, -0.2) is 9.79 Å². The number of hydrogen-bond donors (Lipinski definition) is 0. The molecule has 0 radical (unpaired) electrons. The fourth-order valence-corrected chi connectivity index (χ4v) is 5.21. The van der Waals surface area contributed by atoms with Crippen LogP contribution < -0.4 is 19.6 Å². The zero-order valence-electron chi connectivity index (χ0n) is 19.9. The Morgan fingerprint density at radius 3 is 2.56 bits per heavy atom. The molecule has 1 unspecified atom stereocenters. The maximum atomic E-state index is 13.7. The molecule has 1 aliphatic heterocycles. The van der Waals surface area contributed by atoms with Crippen molar-refractivity contribution in [1.82, 2.24) is 4.57 Å². The topological polar surface area (TPSA) is 79.1 Å². The average Bonchev–Trinajstić information content (AvgIpc) is 3.15. The number of esters is 1. The minimum absolute atomic E-state index is 0.0872. The van der Waals surface area contributed by atoms with Crippen LogP contribution in [0.2, 0.25) is 10.0 Å². The lowest BCUT2D eigenvalue weighted by atomic mass is 9.96. The molecular weight excluding hydrogens is 523 g/mol. The normalized spacial score (nSPS) is 15.5. The van der Waals surface area contributed by atoms with Crippen LogP contribution in [0.1, 0.15) is 31.0 Å². The number of halogens is 2. The van der Waals surface area contributed by atoms with Crippen LogP contribution in [0.15, 0.2) is 63.5 Å². The van der Waals surface area contributed by atoms with Crippen molar-refractivity contribution in [2.45, 2.75) is 19.9 Å². The van der Waals surface area contributed by atoms with Crippen LogP contribution in [-0.4, -0.2) is 37.5 Å². The lowest BCUT2D eigenvalue weighted by molar-refractivity contribution is -0.140. The predicted molar refractivity (Wildman–Crippen MR) is 141 cm³/mol. The number of hydrogen-bond acceptors (Lipinski definition) is 7. The van der Waals surface area contributed by atoms with Gasteiger partial charge in [0.25, 0.3) is 5.56 Å². The Morgan fingerprint density at radius 1 is 1.14 bits per heavy atom. The molecule has 0 saturated carbocycles. The SMILES string of the molecule is CCOc1ccc(C2C(C(=O)OCCOC)=C(C)N=c3sc(=Cc4ccc(Cl)c(Cl)c4)c(=O)n32)cc1. The van der Waals surface area contributed by atoms with Gasteiger partial charge in [-0.2, -0.15) is 0 Å². The number of rotatable bonds is 8. The quantitative estimate of drug-likeness (QED) is 0.313. The maximum Gasteiger partial charge on any atom is 0.338 e. The number of carbonyl (C=O) groups excluding carboxylic acids is 1. The van der Waals surface area contributed by atoms with Gasteiger partial charge in [0.1, 0.15) is 12.4 Å². The van der Waals surface area contributed by atoms with Crippen molar-refractivity contribution < 1.29 is 19.0 Å². The molecule has 0 spiro atoms. The van der Waals surface area contributed by atoms with Crippen molar-refractivity contribution in [1.29, 1.82) is 0 Å². The molecule has 0 bridgehead atoms. The summed E-state index contributed by atoms with van der Waals surface area (Å²) in [5, 5.41) is 0.820. The zero-order chi connectivity index (χ0) is 25.8. The number of nitrogens with zero attached hydrogens (tertiary/aromatic N) is 2. The summed E-state index contributed by atoms with van der Waals surface area (Å²) in [5.41, 5.74) is 1.96. The lowest BCUT2D eigenvalue weighted by Crippen LogP contribution is -2.40. The van der Waals surface area contributed by atoms with E-state index in [0.29, 0.717) is 43.0 Å². The van der Waals surface area contributed by atoms with Crippen molar-refractivity contribution in [3.05, 3.63) is 94.6 Å². The lowest BCUT2D eigenvalue weighted by Gasteiger charge is -2.25. The minimum atomic E-state index is -0.720. The van der Waals surface area contributed by atoms with Crippen LogP contribution in [-0.2, 0) is 14.3 Å². The number of carbonyl (C=O) groups is 1. The molecule has 0 aliphatic carbocycles. The third kappa shape index (κ3) is 5.42. The molecule has 0 fully saturated rings. The van der Waals surface area contributed by atoms with Gasteiger partial charge in [-0.15, -0.1) is 0 Å². The first kappa shape index (κ1) is 26.2. The molecule has 1 aliphatic rings. The van der Waals surface area contributed by atoms with E-state index in [4.69, 9.17) is 37.4 Å². The van der Waals surface area contributed by atoms with Crippen LogP contribution in [0, 0.1) is 0 Å². The fourth-order valence-electron chi connectivity index (χ4n) is 3.86. The molecule has 0 amide bonds. The number of allylic oxidation sites excluding steroid dienone is 1. The molecule has 7 nitrogen and oxygen atoms in total. The molecule has 0 saturated heterocycles. The van der Waals surface area contributed by atoms with E-state index in [1.54, 1.807) is 31.2 Å². The number of thiazole rings is 1. The molecule has 188 valence electrons. The fraction of sp³-hybridized carbons (Fsp3) is 0.269. The number of benzene rings is 2. The van der Waals surface area contributed by atoms with Crippen LogP contribution >= 0.6 is 34.5 Å². The average molecular weight is 547 g/mol. The molecule has 1 atom stereocenters. The highest BCUT2D eigenvalue weighted by molar-refractivity contribution is 7.07. The van der Waals surface area contributed by atoms with Crippen molar-refractivity contribution in [2.24, 2.45) is 4.99 Å². The second kappa shape index (κ2) is 11.4. The van der Waals surface area contributed by atoms with Gasteiger partial charge in [-0.3, -0.25) is 9.36 Å². The van der Waals surface area contributed by atoms with Crippen molar-refractivity contribution in [3.63, 3.8) is 0 Å². The molecule has 1 aromatic heterocycles. The van der Waals surface area contributed by atoms with Gasteiger partial charge in [0.15, 0.2) is 4.80 Å². The first-order valence-electron chi connectivity index (χ1n) is 11.2. The Kier molecular flexibility index (Phi) is 8.31. The molecule has 4 rings (SSSR count). The number of fused-ring (bicyclic) bond motifs is 1. The van der Waals surface area contributed by atoms with Gasteiger partial charge < -0.3 is 14.2 Å². The minimum Gasteiger partial charge on any atom is -0.494 e. The summed E-state index contributed by atoms with van der Waals surface area (Å²) in [6, 6.07) is 11.7. The summed E-state index contributed by atoms with van der Waals surface area (Å²) in [6.07, 6.45) is 1.73. The van der Waals surface area contributed by atoms with E-state index in [-0.39, 0.29) is 18.8 Å². The summed E-state index contributed by atoms with van der Waals surface area (Å²) in [4.78, 5) is 31.9. The van der Waals surface area contributed by atoms with E-state index in [1.807, 2.05) is 31.2 Å². The second-order valence-electron chi connectivity index (χ2n) is 7.89. The van der Waals surface area contributed by atoms with Crippen molar-refractivity contribution in [3.8, 4) is 5.75 Å². The van der Waals surface area contributed by atoms with E-state index in [0.717, 1.165) is 11.1 Å². The van der Waals surface area contributed by atoms with Gasteiger partial charge in [-0.1, -0.05) is 52.7 Å². The largest absolute Gasteiger partial charge is 0.494 e. The van der Waals surface area contributed by atoms with E-state index in [2.05, 4.69) is 4.99 Å². The van der Waals surface area contributed by atoms with Crippen LogP contribution in [0.4, 0.5) is 0 Å². The van der Waals surface area contributed by atoms with E-state index in [9.17, 15) is 9.59 Å². The maximum absolute atomic E-state index is 13.7. The first-order chi connectivity index (χ1) is 17.3. The van der Waals surface area contributed by atoms with Gasteiger partial charge >= 0.3 is 5.97 Å². The Hall–Kier alpha value is -2.91. The Balaban J connectivity index is 1.86. The summed E-state index contributed by atoms with van der Waals surface area (Å²) in [7, 11) is 1.53. The predicted octanol–water partition coefficient (Wildman–Crippen LogP) is 4.13. The van der Waals surface area contributed by atoms with Crippen molar-refractivity contribution in [2.75, 3.05) is 26.9 Å².